The Morgan fingerprint density at radius 2 is 2.19 bits per heavy atom. The largest absolute Gasteiger partial charge is 0.478 e. The van der Waals surface area contributed by atoms with Crippen LogP contribution in [0.3, 0.4) is 0 Å². The van der Waals surface area contributed by atoms with Crippen molar-refractivity contribution in [3.63, 3.8) is 0 Å². The molecule has 1 atom stereocenters. The lowest BCUT2D eigenvalue weighted by Gasteiger charge is -2.34. The minimum absolute atomic E-state index is 0.00209. The van der Waals surface area contributed by atoms with E-state index in [1.807, 2.05) is 13.8 Å². The fourth-order valence-corrected chi connectivity index (χ4v) is 2.40. The molecule has 1 aromatic heterocycles. The quantitative estimate of drug-likeness (QED) is 0.919. The Morgan fingerprint density at radius 3 is 2.71 bits per heavy atom. The molecule has 0 aromatic carbocycles. The Hall–Kier alpha value is -1.82. The van der Waals surface area contributed by atoms with Crippen molar-refractivity contribution < 1.29 is 23.8 Å². The van der Waals surface area contributed by atoms with Crippen molar-refractivity contribution in [1.82, 2.24) is 4.90 Å². The third-order valence-electron chi connectivity index (χ3n) is 3.70. The predicted molar refractivity (Wildman–Crippen MR) is 75.5 cm³/mol. The number of morpholine rings is 1. The van der Waals surface area contributed by atoms with Crippen molar-refractivity contribution >= 4 is 11.9 Å². The predicted octanol–water partition coefficient (Wildman–Crippen LogP) is 2.04. The van der Waals surface area contributed by atoms with Crippen molar-refractivity contribution in [2.24, 2.45) is 5.92 Å². The molecule has 0 radical (unpaired) electrons. The van der Waals surface area contributed by atoms with E-state index in [-0.39, 0.29) is 23.3 Å². The summed E-state index contributed by atoms with van der Waals surface area (Å²) in [4.78, 5) is 25.2. The van der Waals surface area contributed by atoms with E-state index in [2.05, 4.69) is 0 Å². The van der Waals surface area contributed by atoms with E-state index in [9.17, 15) is 9.59 Å². The highest BCUT2D eigenvalue weighted by molar-refractivity contribution is 5.96. The van der Waals surface area contributed by atoms with Crippen LogP contribution in [0.25, 0.3) is 0 Å². The van der Waals surface area contributed by atoms with Gasteiger partial charge in [-0.15, -0.1) is 0 Å². The standard InChI is InChI=1S/C15H21NO5/c1-4-11-10(15(18)19)7-12(21-11)14(17)16-5-6-20-13(8-16)9(2)3/h7,9,13H,4-6,8H2,1-3H3,(H,18,19). The number of ether oxygens (including phenoxy) is 1. The van der Waals surface area contributed by atoms with E-state index in [1.54, 1.807) is 11.8 Å². The minimum Gasteiger partial charge on any atom is -0.478 e. The zero-order valence-electron chi connectivity index (χ0n) is 12.6. The van der Waals surface area contributed by atoms with Crippen LogP contribution >= 0.6 is 0 Å². The maximum Gasteiger partial charge on any atom is 0.339 e. The Labute approximate surface area is 123 Å². The molecule has 6 nitrogen and oxygen atoms in total. The molecule has 0 spiro atoms. The Kier molecular flexibility index (Phi) is 4.67. The second-order valence-electron chi connectivity index (χ2n) is 5.51. The molecule has 1 unspecified atom stereocenters. The lowest BCUT2D eigenvalue weighted by molar-refractivity contribution is -0.0428. The number of hydrogen-bond donors (Lipinski definition) is 1. The first-order chi connectivity index (χ1) is 9.93. The van der Waals surface area contributed by atoms with Gasteiger partial charge in [0.15, 0.2) is 5.76 Å². The summed E-state index contributed by atoms with van der Waals surface area (Å²) in [6.07, 6.45) is 0.439. The number of furan rings is 1. The zero-order valence-corrected chi connectivity index (χ0v) is 12.6. The van der Waals surface area contributed by atoms with Crippen molar-refractivity contribution in [3.05, 3.63) is 23.2 Å². The molecule has 1 amide bonds. The molecule has 1 aromatic rings. The highest BCUT2D eigenvalue weighted by Crippen LogP contribution is 2.20. The fraction of sp³-hybridized carbons (Fsp3) is 0.600. The van der Waals surface area contributed by atoms with Crippen molar-refractivity contribution in [1.29, 1.82) is 0 Å². The minimum atomic E-state index is -1.07. The Balaban J connectivity index is 2.18. The van der Waals surface area contributed by atoms with Crippen LogP contribution in [0.5, 0.6) is 0 Å². The molecular weight excluding hydrogens is 274 g/mol. The number of nitrogens with zero attached hydrogens (tertiary/aromatic N) is 1. The normalized spacial score (nSPS) is 19.0. The summed E-state index contributed by atoms with van der Waals surface area (Å²) in [6.45, 7) is 7.37. The second-order valence-corrected chi connectivity index (χ2v) is 5.51. The SMILES string of the molecule is CCc1oc(C(=O)N2CCOC(C(C)C)C2)cc1C(=O)O. The molecule has 1 fully saturated rings. The highest BCUT2D eigenvalue weighted by Gasteiger charge is 2.29. The first-order valence-corrected chi connectivity index (χ1v) is 7.20. The van der Waals surface area contributed by atoms with Gasteiger partial charge in [0, 0.05) is 25.6 Å². The summed E-state index contributed by atoms with van der Waals surface area (Å²) in [5, 5.41) is 9.11. The van der Waals surface area contributed by atoms with E-state index in [4.69, 9.17) is 14.3 Å². The number of amides is 1. The Bertz CT molecular complexity index is 534. The second kappa shape index (κ2) is 6.30. The van der Waals surface area contributed by atoms with E-state index in [0.29, 0.717) is 37.8 Å². The smallest absolute Gasteiger partial charge is 0.339 e. The summed E-state index contributed by atoms with van der Waals surface area (Å²) in [7, 11) is 0. The van der Waals surface area contributed by atoms with Crippen LogP contribution in [0.1, 0.15) is 47.4 Å². The van der Waals surface area contributed by atoms with E-state index < -0.39 is 5.97 Å². The third kappa shape index (κ3) is 3.26. The monoisotopic (exact) mass is 295 g/mol. The van der Waals surface area contributed by atoms with Gasteiger partial charge in [-0.1, -0.05) is 20.8 Å². The average Bonchev–Trinajstić information content (AvgIpc) is 2.91. The van der Waals surface area contributed by atoms with Gasteiger partial charge < -0.3 is 19.2 Å². The molecule has 21 heavy (non-hydrogen) atoms. The number of carbonyl (C=O) groups is 2. The maximum atomic E-state index is 12.5. The molecule has 1 aliphatic heterocycles. The van der Waals surface area contributed by atoms with Crippen LogP contribution in [0, 0.1) is 5.92 Å². The van der Waals surface area contributed by atoms with Gasteiger partial charge in [0.1, 0.15) is 11.3 Å². The first-order valence-electron chi connectivity index (χ1n) is 7.20. The van der Waals surface area contributed by atoms with Gasteiger partial charge in [-0.25, -0.2) is 4.79 Å². The van der Waals surface area contributed by atoms with Gasteiger partial charge in [0.05, 0.1) is 12.7 Å². The van der Waals surface area contributed by atoms with Crippen LogP contribution in [0.4, 0.5) is 0 Å². The number of carbonyl (C=O) groups excluding carboxylic acids is 1. The fourth-order valence-electron chi connectivity index (χ4n) is 2.40. The van der Waals surface area contributed by atoms with E-state index >= 15 is 0 Å². The summed E-state index contributed by atoms with van der Waals surface area (Å²) in [5.74, 6) is -0.603. The van der Waals surface area contributed by atoms with E-state index in [0.717, 1.165) is 0 Å². The molecule has 1 aliphatic rings. The molecular formula is C15H21NO5. The third-order valence-corrected chi connectivity index (χ3v) is 3.70. The molecule has 0 bridgehead atoms. The van der Waals surface area contributed by atoms with Crippen LogP contribution in [0.2, 0.25) is 0 Å². The van der Waals surface area contributed by atoms with Gasteiger partial charge in [-0.2, -0.15) is 0 Å². The van der Waals surface area contributed by atoms with E-state index in [1.165, 1.54) is 6.07 Å². The summed E-state index contributed by atoms with van der Waals surface area (Å²) in [5.41, 5.74) is 0.0644. The number of aromatic carboxylic acids is 1. The number of carboxylic acid groups (broad SMARTS) is 1. The van der Waals surface area contributed by atoms with Crippen molar-refractivity contribution in [2.45, 2.75) is 33.3 Å². The van der Waals surface area contributed by atoms with Crippen LogP contribution < -0.4 is 0 Å². The van der Waals surface area contributed by atoms with Crippen molar-refractivity contribution in [3.8, 4) is 0 Å². The summed E-state index contributed by atoms with van der Waals surface area (Å²) < 4.78 is 11.0. The van der Waals surface area contributed by atoms with Crippen molar-refractivity contribution in [2.75, 3.05) is 19.7 Å². The number of rotatable bonds is 4. The Morgan fingerprint density at radius 1 is 1.48 bits per heavy atom. The highest BCUT2D eigenvalue weighted by atomic mass is 16.5. The van der Waals surface area contributed by atoms with Crippen LogP contribution in [-0.4, -0.2) is 47.7 Å². The molecule has 0 saturated carbocycles. The van der Waals surface area contributed by atoms with Gasteiger partial charge in [-0.3, -0.25) is 4.79 Å². The number of hydrogen-bond acceptors (Lipinski definition) is 4. The van der Waals surface area contributed by atoms with Gasteiger partial charge >= 0.3 is 5.97 Å². The maximum absolute atomic E-state index is 12.5. The molecule has 2 heterocycles. The number of aryl methyl sites for hydroxylation is 1. The zero-order chi connectivity index (χ0) is 15.6. The summed E-state index contributed by atoms with van der Waals surface area (Å²) in [6, 6.07) is 1.32. The van der Waals surface area contributed by atoms with Crippen LogP contribution in [0.15, 0.2) is 10.5 Å². The van der Waals surface area contributed by atoms with Gasteiger partial charge in [0.25, 0.3) is 5.91 Å². The average molecular weight is 295 g/mol. The molecule has 6 heteroatoms. The summed E-state index contributed by atoms with van der Waals surface area (Å²) >= 11 is 0. The molecule has 116 valence electrons. The molecule has 0 aliphatic carbocycles. The topological polar surface area (TPSA) is 80.0 Å². The molecule has 1 saturated heterocycles. The lowest BCUT2D eigenvalue weighted by atomic mass is 10.1. The lowest BCUT2D eigenvalue weighted by Crippen LogP contribution is -2.47. The van der Waals surface area contributed by atoms with Gasteiger partial charge in [-0.05, 0) is 5.92 Å². The van der Waals surface area contributed by atoms with Gasteiger partial charge in [0.2, 0.25) is 0 Å². The molecule has 2 rings (SSSR count). The van der Waals surface area contributed by atoms with Crippen LogP contribution in [-0.2, 0) is 11.2 Å². The number of carboxylic acids is 1. The molecule has 1 N–H and O–H groups in total. The first kappa shape index (κ1) is 15.6.